The first-order chi connectivity index (χ1) is 10.1. The molecule has 1 atom stereocenters. The molecule has 1 saturated heterocycles. The van der Waals surface area contributed by atoms with Crippen LogP contribution in [-0.2, 0) is 0 Å². The summed E-state index contributed by atoms with van der Waals surface area (Å²) in [5.41, 5.74) is 6.90. The van der Waals surface area contributed by atoms with E-state index >= 15 is 0 Å². The zero-order valence-corrected chi connectivity index (χ0v) is 13.1. The molecular formula is C16H25N3O2. The van der Waals surface area contributed by atoms with E-state index in [2.05, 4.69) is 11.8 Å². The number of nitrogen functional groups attached to an aromatic ring is 1. The van der Waals surface area contributed by atoms with E-state index in [9.17, 15) is 4.79 Å². The summed E-state index contributed by atoms with van der Waals surface area (Å²) in [5, 5.41) is 0. The maximum absolute atomic E-state index is 12.6. The van der Waals surface area contributed by atoms with Crippen LogP contribution in [0.3, 0.4) is 0 Å². The van der Waals surface area contributed by atoms with Crippen molar-refractivity contribution in [3.8, 4) is 5.75 Å². The minimum Gasteiger partial charge on any atom is -0.494 e. The molecule has 0 spiro atoms. The van der Waals surface area contributed by atoms with Crippen molar-refractivity contribution >= 4 is 11.6 Å². The Balaban J connectivity index is 2.11. The zero-order valence-electron chi connectivity index (χ0n) is 13.1. The number of carbonyl (C=O) groups excluding carboxylic acids is 1. The summed E-state index contributed by atoms with van der Waals surface area (Å²) >= 11 is 0. The second-order valence-electron chi connectivity index (χ2n) is 5.54. The molecule has 1 heterocycles. The normalized spacial score (nSPS) is 18.7. The number of amides is 1. The zero-order chi connectivity index (χ0) is 15.4. The highest BCUT2D eigenvalue weighted by Crippen LogP contribution is 2.27. The molecule has 5 nitrogen and oxygen atoms in total. The minimum absolute atomic E-state index is 0.0397. The Morgan fingerprint density at radius 2 is 2.29 bits per heavy atom. The number of nitrogens with two attached hydrogens (primary N) is 1. The molecule has 1 aliphatic rings. The van der Waals surface area contributed by atoms with Crippen LogP contribution in [-0.4, -0.2) is 55.5 Å². The SMILES string of the molecule is CCN1CCCC1CN(C)C(=O)c1cccc(N)c1OC. The number of carbonyl (C=O) groups is 1. The summed E-state index contributed by atoms with van der Waals surface area (Å²) < 4.78 is 5.28. The van der Waals surface area contributed by atoms with Crippen LogP contribution in [0.5, 0.6) is 5.75 Å². The van der Waals surface area contributed by atoms with Crippen LogP contribution in [0.2, 0.25) is 0 Å². The minimum atomic E-state index is -0.0397. The second-order valence-corrected chi connectivity index (χ2v) is 5.54. The molecular weight excluding hydrogens is 266 g/mol. The van der Waals surface area contributed by atoms with E-state index in [1.807, 2.05) is 7.05 Å². The van der Waals surface area contributed by atoms with Gasteiger partial charge in [0, 0.05) is 19.6 Å². The van der Waals surface area contributed by atoms with Crippen LogP contribution in [0.1, 0.15) is 30.1 Å². The summed E-state index contributed by atoms with van der Waals surface area (Å²) in [6.45, 7) is 5.07. The molecule has 0 radical (unpaired) electrons. The van der Waals surface area contributed by atoms with Gasteiger partial charge in [0.2, 0.25) is 0 Å². The molecule has 1 aromatic carbocycles. The molecule has 0 saturated carbocycles. The molecule has 2 rings (SSSR count). The smallest absolute Gasteiger partial charge is 0.257 e. The average molecular weight is 291 g/mol. The van der Waals surface area contributed by atoms with Crippen molar-refractivity contribution in [1.29, 1.82) is 0 Å². The number of hydrogen-bond donors (Lipinski definition) is 1. The second kappa shape index (κ2) is 6.80. The fourth-order valence-corrected chi connectivity index (χ4v) is 3.07. The summed E-state index contributed by atoms with van der Waals surface area (Å²) in [6.07, 6.45) is 2.36. The summed E-state index contributed by atoms with van der Waals surface area (Å²) in [6, 6.07) is 5.74. The first kappa shape index (κ1) is 15.6. The van der Waals surface area contributed by atoms with Gasteiger partial charge in [0.05, 0.1) is 18.4 Å². The quantitative estimate of drug-likeness (QED) is 0.841. The first-order valence-electron chi connectivity index (χ1n) is 7.50. The highest BCUT2D eigenvalue weighted by molar-refractivity contribution is 5.98. The highest BCUT2D eigenvalue weighted by atomic mass is 16.5. The van der Waals surface area contributed by atoms with Gasteiger partial charge in [-0.1, -0.05) is 13.0 Å². The number of likely N-dealkylation sites (tertiary alicyclic amines) is 1. The van der Waals surface area contributed by atoms with Gasteiger partial charge in [-0.15, -0.1) is 0 Å². The monoisotopic (exact) mass is 291 g/mol. The number of benzene rings is 1. The molecule has 116 valence electrons. The van der Waals surface area contributed by atoms with Crippen molar-refractivity contribution in [3.63, 3.8) is 0 Å². The van der Waals surface area contributed by atoms with Crippen molar-refractivity contribution in [2.75, 3.05) is 39.5 Å². The van der Waals surface area contributed by atoms with Crippen LogP contribution >= 0.6 is 0 Å². The molecule has 0 bridgehead atoms. The number of rotatable bonds is 5. The van der Waals surface area contributed by atoms with Crippen LogP contribution < -0.4 is 10.5 Å². The Morgan fingerprint density at radius 1 is 1.52 bits per heavy atom. The maximum Gasteiger partial charge on any atom is 0.257 e. The van der Waals surface area contributed by atoms with Crippen LogP contribution in [0.25, 0.3) is 0 Å². The molecule has 1 amide bonds. The van der Waals surface area contributed by atoms with Gasteiger partial charge in [0.25, 0.3) is 5.91 Å². The van der Waals surface area contributed by atoms with E-state index in [1.165, 1.54) is 13.5 Å². The van der Waals surface area contributed by atoms with Crippen molar-refractivity contribution < 1.29 is 9.53 Å². The van der Waals surface area contributed by atoms with Gasteiger partial charge in [-0.05, 0) is 38.1 Å². The van der Waals surface area contributed by atoms with Gasteiger partial charge < -0.3 is 15.4 Å². The largest absolute Gasteiger partial charge is 0.494 e. The van der Waals surface area contributed by atoms with Gasteiger partial charge >= 0.3 is 0 Å². The molecule has 1 aromatic rings. The lowest BCUT2D eigenvalue weighted by molar-refractivity contribution is 0.0751. The van der Waals surface area contributed by atoms with Gasteiger partial charge in [-0.25, -0.2) is 0 Å². The lowest BCUT2D eigenvalue weighted by atomic mass is 10.1. The predicted octanol–water partition coefficient (Wildman–Crippen LogP) is 1.83. The summed E-state index contributed by atoms with van der Waals surface area (Å²) in [5.74, 6) is 0.426. The van der Waals surface area contributed by atoms with Gasteiger partial charge in [-0.3, -0.25) is 9.69 Å². The average Bonchev–Trinajstić information content (AvgIpc) is 2.93. The van der Waals surface area contributed by atoms with Gasteiger partial charge in [0.1, 0.15) is 0 Å². The van der Waals surface area contributed by atoms with E-state index in [-0.39, 0.29) is 5.91 Å². The lowest BCUT2D eigenvalue weighted by Crippen LogP contribution is -2.41. The molecule has 21 heavy (non-hydrogen) atoms. The Hall–Kier alpha value is -1.75. The molecule has 2 N–H and O–H groups in total. The third-order valence-electron chi connectivity index (χ3n) is 4.22. The number of methoxy groups -OCH3 is 1. The van der Waals surface area contributed by atoms with Crippen LogP contribution in [0, 0.1) is 0 Å². The first-order valence-corrected chi connectivity index (χ1v) is 7.50. The van der Waals surface area contributed by atoms with Crippen LogP contribution in [0.15, 0.2) is 18.2 Å². The summed E-state index contributed by atoms with van der Waals surface area (Å²) in [7, 11) is 3.38. The Kier molecular flexibility index (Phi) is 5.07. The Bertz CT molecular complexity index is 504. The van der Waals surface area contributed by atoms with Crippen molar-refractivity contribution in [2.24, 2.45) is 0 Å². The molecule has 1 fully saturated rings. The fraction of sp³-hybridized carbons (Fsp3) is 0.562. The van der Waals surface area contributed by atoms with E-state index < -0.39 is 0 Å². The van der Waals surface area contributed by atoms with Crippen LogP contribution in [0.4, 0.5) is 5.69 Å². The third kappa shape index (κ3) is 3.29. The molecule has 1 aliphatic heterocycles. The number of likely N-dealkylation sites (N-methyl/N-ethyl adjacent to an activating group) is 2. The maximum atomic E-state index is 12.6. The van der Waals surface area contributed by atoms with Gasteiger partial charge in [-0.2, -0.15) is 0 Å². The van der Waals surface area contributed by atoms with E-state index in [1.54, 1.807) is 23.1 Å². The van der Waals surface area contributed by atoms with Crippen molar-refractivity contribution in [2.45, 2.75) is 25.8 Å². The van der Waals surface area contributed by atoms with E-state index in [4.69, 9.17) is 10.5 Å². The lowest BCUT2D eigenvalue weighted by Gasteiger charge is -2.28. The molecule has 0 aliphatic carbocycles. The molecule has 5 heteroatoms. The number of nitrogens with zero attached hydrogens (tertiary/aromatic N) is 2. The number of anilines is 1. The van der Waals surface area contributed by atoms with Gasteiger partial charge in [0.15, 0.2) is 5.75 Å². The summed E-state index contributed by atoms with van der Waals surface area (Å²) in [4.78, 5) is 16.8. The van der Waals surface area contributed by atoms with Crippen molar-refractivity contribution in [3.05, 3.63) is 23.8 Å². The molecule has 0 aromatic heterocycles. The number of hydrogen-bond acceptors (Lipinski definition) is 4. The third-order valence-corrected chi connectivity index (χ3v) is 4.22. The fourth-order valence-electron chi connectivity index (χ4n) is 3.07. The Morgan fingerprint density at radius 3 is 2.95 bits per heavy atom. The standard InChI is InChI=1S/C16H25N3O2/c1-4-19-10-6-7-12(19)11-18(2)16(20)13-8-5-9-14(17)15(13)21-3/h5,8-9,12H,4,6-7,10-11,17H2,1-3H3. The molecule has 1 unspecified atom stereocenters. The number of ether oxygens (including phenoxy) is 1. The van der Waals surface area contributed by atoms with Crippen molar-refractivity contribution in [1.82, 2.24) is 9.80 Å². The van der Waals surface area contributed by atoms with E-state index in [0.717, 1.165) is 26.1 Å². The highest BCUT2D eigenvalue weighted by Gasteiger charge is 2.27. The topological polar surface area (TPSA) is 58.8 Å². The van der Waals surface area contributed by atoms with E-state index in [0.29, 0.717) is 23.0 Å². The Labute approximate surface area is 126 Å². The number of para-hydroxylation sites is 1. The predicted molar refractivity (Wildman–Crippen MR) is 84.6 cm³/mol.